The van der Waals surface area contributed by atoms with Crippen LogP contribution >= 0.6 is 0 Å². The van der Waals surface area contributed by atoms with Crippen LogP contribution < -0.4 is 15.5 Å². The summed E-state index contributed by atoms with van der Waals surface area (Å²) in [7, 11) is 0. The first-order valence-corrected chi connectivity index (χ1v) is 9.71. The van der Waals surface area contributed by atoms with Gasteiger partial charge in [0.05, 0.1) is 24.3 Å². The molecule has 0 radical (unpaired) electrons. The molecule has 2 saturated heterocycles. The van der Waals surface area contributed by atoms with Crippen LogP contribution in [0.1, 0.15) is 18.4 Å². The second-order valence-corrected chi connectivity index (χ2v) is 7.68. The first-order valence-electron chi connectivity index (χ1n) is 9.71. The van der Waals surface area contributed by atoms with Gasteiger partial charge in [-0.05, 0) is 24.8 Å². The van der Waals surface area contributed by atoms with Crippen molar-refractivity contribution in [1.29, 1.82) is 0 Å². The van der Waals surface area contributed by atoms with Crippen molar-refractivity contribution in [3.05, 3.63) is 23.9 Å². The first kappa shape index (κ1) is 20.6. The van der Waals surface area contributed by atoms with E-state index in [0.717, 1.165) is 25.1 Å². The maximum Gasteiger partial charge on any atom is 0.417 e. The number of aliphatic hydroxyl groups excluding tert-OH is 1. The lowest BCUT2D eigenvalue weighted by Crippen LogP contribution is -2.49. The SMILES string of the molecule is Nc1cc(C(F)(F)F)c(-c2cc(N3CC(F)C3)nc(N3CCC(CO)CC3)n2)cn1. The van der Waals surface area contributed by atoms with Gasteiger partial charge >= 0.3 is 6.18 Å². The van der Waals surface area contributed by atoms with Crippen molar-refractivity contribution < 1.29 is 22.7 Å². The van der Waals surface area contributed by atoms with Crippen LogP contribution in [0.4, 0.5) is 35.1 Å². The zero-order chi connectivity index (χ0) is 21.5. The second-order valence-electron chi connectivity index (χ2n) is 7.68. The van der Waals surface area contributed by atoms with Gasteiger partial charge in [-0.15, -0.1) is 0 Å². The first-order chi connectivity index (χ1) is 14.2. The van der Waals surface area contributed by atoms with Gasteiger partial charge in [-0.25, -0.2) is 14.4 Å². The smallest absolute Gasteiger partial charge is 0.396 e. The third-order valence-electron chi connectivity index (χ3n) is 5.52. The molecule has 0 unspecified atom stereocenters. The summed E-state index contributed by atoms with van der Waals surface area (Å²) in [5.74, 6) is 0.601. The zero-order valence-electron chi connectivity index (χ0n) is 16.1. The predicted octanol–water partition coefficient (Wildman–Crippen LogP) is 2.51. The van der Waals surface area contributed by atoms with E-state index in [-0.39, 0.29) is 48.6 Å². The van der Waals surface area contributed by atoms with E-state index in [1.54, 1.807) is 4.90 Å². The number of aliphatic hydroxyl groups is 1. The molecule has 2 aromatic rings. The Bertz CT molecular complexity index is 910. The highest BCUT2D eigenvalue weighted by molar-refractivity contribution is 5.69. The lowest BCUT2D eigenvalue weighted by atomic mass is 9.98. The molecule has 0 saturated carbocycles. The van der Waals surface area contributed by atoms with E-state index < -0.39 is 17.9 Å². The number of rotatable bonds is 4. The fraction of sp³-hybridized carbons (Fsp3) is 0.526. The molecule has 2 aromatic heterocycles. The van der Waals surface area contributed by atoms with Gasteiger partial charge in [0, 0.05) is 37.5 Å². The molecule has 3 N–H and O–H groups in total. The minimum atomic E-state index is -4.64. The quantitative estimate of drug-likeness (QED) is 0.726. The van der Waals surface area contributed by atoms with Gasteiger partial charge < -0.3 is 20.6 Å². The van der Waals surface area contributed by atoms with Crippen LogP contribution in [-0.2, 0) is 6.18 Å². The third-order valence-corrected chi connectivity index (χ3v) is 5.52. The third kappa shape index (κ3) is 4.11. The number of nitrogens with two attached hydrogens (primary N) is 1. The van der Waals surface area contributed by atoms with E-state index in [4.69, 9.17) is 5.73 Å². The van der Waals surface area contributed by atoms with Crippen LogP contribution in [0.2, 0.25) is 0 Å². The van der Waals surface area contributed by atoms with Gasteiger partial charge in [0.15, 0.2) is 0 Å². The summed E-state index contributed by atoms with van der Waals surface area (Å²) < 4.78 is 54.2. The number of hydrogen-bond donors (Lipinski definition) is 2. The maximum absolute atomic E-state index is 13.6. The van der Waals surface area contributed by atoms with Crippen LogP contribution in [0.3, 0.4) is 0 Å². The van der Waals surface area contributed by atoms with Crippen LogP contribution in [0.25, 0.3) is 11.3 Å². The summed E-state index contributed by atoms with van der Waals surface area (Å²) in [6.07, 6.45) is -3.12. The fourth-order valence-corrected chi connectivity index (χ4v) is 3.70. The molecule has 162 valence electrons. The Labute approximate surface area is 170 Å². The predicted molar refractivity (Wildman–Crippen MR) is 104 cm³/mol. The highest BCUT2D eigenvalue weighted by atomic mass is 19.4. The molecule has 4 heterocycles. The van der Waals surface area contributed by atoms with E-state index in [2.05, 4.69) is 15.0 Å². The number of anilines is 3. The summed E-state index contributed by atoms with van der Waals surface area (Å²) >= 11 is 0. The van der Waals surface area contributed by atoms with E-state index in [0.29, 0.717) is 18.9 Å². The lowest BCUT2D eigenvalue weighted by Gasteiger charge is -2.37. The molecule has 2 aliphatic rings. The molecule has 2 fully saturated rings. The molecule has 0 aromatic carbocycles. The second kappa shape index (κ2) is 7.86. The molecule has 0 atom stereocenters. The summed E-state index contributed by atoms with van der Waals surface area (Å²) in [6, 6.07) is 2.21. The van der Waals surface area contributed by atoms with E-state index >= 15 is 0 Å². The number of hydrogen-bond acceptors (Lipinski definition) is 7. The van der Waals surface area contributed by atoms with Crippen molar-refractivity contribution >= 4 is 17.6 Å². The molecule has 30 heavy (non-hydrogen) atoms. The summed E-state index contributed by atoms with van der Waals surface area (Å²) in [4.78, 5) is 16.2. The molecule has 0 spiro atoms. The lowest BCUT2D eigenvalue weighted by molar-refractivity contribution is -0.137. The number of pyridine rings is 1. The summed E-state index contributed by atoms with van der Waals surface area (Å²) in [5.41, 5.74) is 4.40. The Morgan fingerprint density at radius 3 is 2.40 bits per heavy atom. The largest absolute Gasteiger partial charge is 0.417 e. The van der Waals surface area contributed by atoms with Gasteiger partial charge in [-0.2, -0.15) is 18.2 Å². The molecule has 2 aliphatic heterocycles. The van der Waals surface area contributed by atoms with E-state index in [1.165, 1.54) is 6.07 Å². The van der Waals surface area contributed by atoms with Gasteiger partial charge in [0.2, 0.25) is 5.95 Å². The van der Waals surface area contributed by atoms with Crippen LogP contribution in [-0.4, -0.2) is 59.0 Å². The van der Waals surface area contributed by atoms with Gasteiger partial charge in [0.1, 0.15) is 17.8 Å². The summed E-state index contributed by atoms with van der Waals surface area (Å²) in [6.45, 7) is 1.51. The molecule has 11 heteroatoms. The van der Waals surface area contributed by atoms with Crippen molar-refractivity contribution in [2.24, 2.45) is 5.92 Å². The van der Waals surface area contributed by atoms with E-state index in [9.17, 15) is 22.7 Å². The maximum atomic E-state index is 13.6. The number of aromatic nitrogens is 3. The van der Waals surface area contributed by atoms with Crippen molar-refractivity contribution in [3.8, 4) is 11.3 Å². The normalized spacial score (nSPS) is 18.6. The number of nitrogens with zero attached hydrogens (tertiary/aromatic N) is 5. The molecule has 4 rings (SSSR count). The van der Waals surface area contributed by atoms with Gasteiger partial charge in [-0.1, -0.05) is 0 Å². The Kier molecular flexibility index (Phi) is 5.39. The highest BCUT2D eigenvalue weighted by Gasteiger charge is 2.36. The van der Waals surface area contributed by atoms with Crippen LogP contribution in [0, 0.1) is 5.92 Å². The number of piperidine rings is 1. The Balaban J connectivity index is 1.76. The van der Waals surface area contributed by atoms with Crippen LogP contribution in [0.5, 0.6) is 0 Å². The van der Waals surface area contributed by atoms with Gasteiger partial charge in [-0.3, -0.25) is 0 Å². The Morgan fingerprint density at radius 2 is 1.80 bits per heavy atom. The monoisotopic (exact) mass is 426 g/mol. The van der Waals surface area contributed by atoms with Crippen LogP contribution in [0.15, 0.2) is 18.3 Å². The minimum Gasteiger partial charge on any atom is -0.396 e. The van der Waals surface area contributed by atoms with Gasteiger partial charge in [0.25, 0.3) is 0 Å². The number of halogens is 4. The molecule has 0 bridgehead atoms. The van der Waals surface area contributed by atoms with Crippen molar-refractivity contribution in [2.75, 3.05) is 48.3 Å². The topological polar surface area (TPSA) is 91.4 Å². The average molecular weight is 426 g/mol. The van der Waals surface area contributed by atoms with Crippen molar-refractivity contribution in [1.82, 2.24) is 15.0 Å². The van der Waals surface area contributed by atoms with Crippen molar-refractivity contribution in [2.45, 2.75) is 25.2 Å². The zero-order valence-corrected chi connectivity index (χ0v) is 16.1. The summed E-state index contributed by atoms with van der Waals surface area (Å²) in [5, 5.41) is 9.34. The minimum absolute atomic E-state index is 0.0569. The molecular formula is C19H22F4N6O. The molecular weight excluding hydrogens is 404 g/mol. The Hall–Kier alpha value is -2.69. The fourth-order valence-electron chi connectivity index (χ4n) is 3.70. The standard InChI is InChI=1S/C19H22F4N6O/c20-12-8-29(9-12)17-6-15(13-7-25-16(24)5-14(13)19(21,22)23)26-18(27-17)28-3-1-11(10-30)2-4-28/h5-7,11-12,30H,1-4,8-10H2,(H2,24,25). The molecule has 7 nitrogen and oxygen atoms in total. The highest BCUT2D eigenvalue weighted by Crippen LogP contribution is 2.38. The molecule has 0 amide bonds. The Morgan fingerprint density at radius 1 is 1.10 bits per heavy atom. The van der Waals surface area contributed by atoms with E-state index in [1.807, 2.05) is 4.90 Å². The average Bonchev–Trinajstić information content (AvgIpc) is 2.70. The number of nitrogen functional groups attached to an aromatic ring is 1. The van der Waals surface area contributed by atoms with Crippen molar-refractivity contribution in [3.63, 3.8) is 0 Å². The number of alkyl halides is 4. The molecule has 0 aliphatic carbocycles.